The van der Waals surface area contributed by atoms with Crippen LogP contribution < -0.4 is 10.1 Å². The van der Waals surface area contributed by atoms with Crippen LogP contribution in [-0.4, -0.2) is 46.1 Å². The van der Waals surface area contributed by atoms with Gasteiger partial charge >= 0.3 is 6.18 Å². The summed E-state index contributed by atoms with van der Waals surface area (Å²) in [6, 6.07) is 3.51. The predicted octanol–water partition coefficient (Wildman–Crippen LogP) is 3.29. The van der Waals surface area contributed by atoms with E-state index in [0.29, 0.717) is 25.7 Å². The van der Waals surface area contributed by atoms with Gasteiger partial charge in [0, 0.05) is 17.8 Å². The third-order valence-electron chi connectivity index (χ3n) is 6.07. The molecule has 0 bridgehead atoms. The number of nitrogens with one attached hydrogen (secondary N) is 1. The largest absolute Gasteiger partial charge is 0.474 e. The second kappa shape index (κ2) is 9.15. The maximum absolute atomic E-state index is 12.7. The molecule has 0 aromatic carbocycles. The Morgan fingerprint density at radius 2 is 2.00 bits per heavy atom. The first kappa shape index (κ1) is 22.9. The van der Waals surface area contributed by atoms with Gasteiger partial charge in [-0.3, -0.25) is 4.79 Å². The van der Waals surface area contributed by atoms with Gasteiger partial charge in [-0.25, -0.2) is 4.98 Å². The molecule has 166 valence electrons. The molecule has 31 heavy (non-hydrogen) atoms. The first-order valence-electron chi connectivity index (χ1n) is 10.3. The zero-order valence-corrected chi connectivity index (χ0v) is 17.3. The molecule has 9 heteroatoms. The molecule has 1 aromatic heterocycles. The number of likely N-dealkylation sites (tertiary alicyclic amines) is 1. The number of carbonyl (C=O) groups excluding carboxylic acids is 1. The lowest BCUT2D eigenvalue weighted by Gasteiger charge is -2.38. The smallest absolute Gasteiger partial charge is 0.417 e. The molecule has 1 saturated heterocycles. The van der Waals surface area contributed by atoms with Gasteiger partial charge in [0.25, 0.3) is 0 Å². The van der Waals surface area contributed by atoms with E-state index >= 15 is 0 Å². The van der Waals surface area contributed by atoms with E-state index in [0.717, 1.165) is 25.1 Å². The number of halogens is 3. The van der Waals surface area contributed by atoms with Gasteiger partial charge in [0.2, 0.25) is 11.8 Å². The molecule has 1 aliphatic heterocycles. The van der Waals surface area contributed by atoms with Gasteiger partial charge in [-0.1, -0.05) is 5.92 Å². The number of nitrogens with zero attached hydrogens (tertiary/aromatic N) is 3. The summed E-state index contributed by atoms with van der Waals surface area (Å²) in [6.45, 7) is 2.12. The SMILES string of the molecule is C#C[C@H]1CC[C@@H](C#N)N1C(=O)CN[C@]1(C)CC[C@@H](Oc2ccc(C(F)(F)F)cn2)CC1. The van der Waals surface area contributed by atoms with E-state index < -0.39 is 17.8 Å². The number of amides is 1. The Morgan fingerprint density at radius 1 is 1.32 bits per heavy atom. The van der Waals surface area contributed by atoms with Gasteiger partial charge in [-0.15, -0.1) is 6.42 Å². The molecule has 1 aliphatic carbocycles. The van der Waals surface area contributed by atoms with Crippen LogP contribution in [0.3, 0.4) is 0 Å². The molecule has 1 amide bonds. The highest BCUT2D eigenvalue weighted by atomic mass is 19.4. The summed E-state index contributed by atoms with van der Waals surface area (Å²) >= 11 is 0. The summed E-state index contributed by atoms with van der Waals surface area (Å²) in [5.41, 5.74) is -1.09. The number of ether oxygens (including phenoxy) is 1. The average Bonchev–Trinajstić information content (AvgIpc) is 3.17. The van der Waals surface area contributed by atoms with Gasteiger partial charge in [-0.2, -0.15) is 18.4 Å². The zero-order chi connectivity index (χ0) is 22.6. The number of hydrogen-bond donors (Lipinski definition) is 1. The number of nitriles is 1. The van der Waals surface area contributed by atoms with Crippen LogP contribution in [0.2, 0.25) is 0 Å². The summed E-state index contributed by atoms with van der Waals surface area (Å²) in [5.74, 6) is 2.58. The van der Waals surface area contributed by atoms with Gasteiger partial charge in [0.1, 0.15) is 12.1 Å². The normalized spacial score (nSPS) is 28.6. The fraction of sp³-hybridized carbons (Fsp3) is 0.591. The molecule has 0 radical (unpaired) electrons. The van der Waals surface area contributed by atoms with E-state index in [1.165, 1.54) is 11.0 Å². The minimum absolute atomic E-state index is 0.0961. The Bertz CT molecular complexity index is 843. The van der Waals surface area contributed by atoms with Crippen LogP contribution in [0.4, 0.5) is 13.2 Å². The Balaban J connectivity index is 1.49. The van der Waals surface area contributed by atoms with Crippen LogP contribution in [0.25, 0.3) is 0 Å². The van der Waals surface area contributed by atoms with Gasteiger partial charge in [-0.05, 0) is 51.5 Å². The molecule has 1 N–H and O–H groups in total. The van der Waals surface area contributed by atoms with E-state index in [2.05, 4.69) is 22.3 Å². The van der Waals surface area contributed by atoms with E-state index in [4.69, 9.17) is 11.2 Å². The number of pyridine rings is 1. The van der Waals surface area contributed by atoms with Crippen LogP contribution in [-0.2, 0) is 11.0 Å². The number of terminal acetylenes is 1. The van der Waals surface area contributed by atoms with Gasteiger partial charge < -0.3 is 15.0 Å². The average molecular weight is 434 g/mol. The van der Waals surface area contributed by atoms with Crippen molar-refractivity contribution in [3.63, 3.8) is 0 Å². The minimum Gasteiger partial charge on any atom is -0.474 e. The second-order valence-corrected chi connectivity index (χ2v) is 8.32. The minimum atomic E-state index is -4.43. The zero-order valence-electron chi connectivity index (χ0n) is 17.3. The Kier molecular flexibility index (Phi) is 6.76. The number of alkyl halides is 3. The van der Waals surface area contributed by atoms with Crippen LogP contribution >= 0.6 is 0 Å². The van der Waals surface area contributed by atoms with Gasteiger partial charge in [0.15, 0.2) is 0 Å². The molecule has 1 saturated carbocycles. The van der Waals surface area contributed by atoms with Crippen molar-refractivity contribution in [2.45, 2.75) is 75.4 Å². The van der Waals surface area contributed by atoms with Crippen molar-refractivity contribution in [1.82, 2.24) is 15.2 Å². The van der Waals surface area contributed by atoms with Crippen LogP contribution in [0.1, 0.15) is 51.0 Å². The Labute approximate surface area is 179 Å². The molecular weight excluding hydrogens is 409 g/mol. The molecule has 0 unspecified atom stereocenters. The monoisotopic (exact) mass is 434 g/mol. The molecule has 0 spiro atoms. The van der Waals surface area contributed by atoms with Crippen molar-refractivity contribution >= 4 is 5.91 Å². The third-order valence-corrected chi connectivity index (χ3v) is 6.07. The lowest BCUT2D eigenvalue weighted by molar-refractivity contribution is -0.138. The number of hydrogen-bond acceptors (Lipinski definition) is 5. The lowest BCUT2D eigenvalue weighted by Crippen LogP contribution is -2.52. The lowest BCUT2D eigenvalue weighted by atomic mass is 9.82. The van der Waals surface area contributed by atoms with Crippen molar-refractivity contribution in [2.24, 2.45) is 0 Å². The van der Waals surface area contributed by atoms with E-state index in [1.807, 2.05) is 6.92 Å². The van der Waals surface area contributed by atoms with Crippen LogP contribution in [0, 0.1) is 23.7 Å². The fourth-order valence-electron chi connectivity index (χ4n) is 4.14. The number of aromatic nitrogens is 1. The summed E-state index contributed by atoms with van der Waals surface area (Å²) in [6.07, 6.45) is 5.73. The highest BCUT2D eigenvalue weighted by Gasteiger charge is 2.38. The number of carbonyl (C=O) groups is 1. The molecule has 6 nitrogen and oxygen atoms in total. The summed E-state index contributed by atoms with van der Waals surface area (Å²) < 4.78 is 43.6. The van der Waals surface area contributed by atoms with Crippen molar-refractivity contribution in [3.8, 4) is 24.3 Å². The topological polar surface area (TPSA) is 78.2 Å². The molecule has 2 fully saturated rings. The number of rotatable bonds is 5. The van der Waals surface area contributed by atoms with Crippen molar-refractivity contribution in [3.05, 3.63) is 23.9 Å². The molecule has 2 aliphatic rings. The van der Waals surface area contributed by atoms with Gasteiger partial charge in [0.05, 0.1) is 24.2 Å². The van der Waals surface area contributed by atoms with E-state index in [9.17, 15) is 23.2 Å². The fourth-order valence-corrected chi connectivity index (χ4v) is 4.14. The maximum Gasteiger partial charge on any atom is 0.417 e. The van der Waals surface area contributed by atoms with Crippen LogP contribution in [0.5, 0.6) is 5.88 Å². The van der Waals surface area contributed by atoms with Crippen molar-refractivity contribution in [2.75, 3.05) is 6.54 Å². The summed E-state index contributed by atoms with van der Waals surface area (Å²) in [7, 11) is 0. The standard InChI is InChI=1S/C22H25F3N4O2/c1-3-16-5-6-17(12-26)29(16)20(30)14-28-21(2)10-8-18(9-11-21)31-19-7-4-15(13-27-19)22(23,24)25/h1,4,7,13,16-18,28H,5-6,8-11,14H2,2H3/t16-,17-,18-,21-/m0/s1. The molecule has 2 heterocycles. The Hall–Kier alpha value is -2.78. The quantitative estimate of drug-likeness (QED) is 0.720. The first-order chi connectivity index (χ1) is 14.6. The first-order valence-corrected chi connectivity index (χ1v) is 10.3. The maximum atomic E-state index is 12.7. The Morgan fingerprint density at radius 3 is 2.55 bits per heavy atom. The van der Waals surface area contributed by atoms with Crippen molar-refractivity contribution in [1.29, 1.82) is 5.26 Å². The van der Waals surface area contributed by atoms with Crippen molar-refractivity contribution < 1.29 is 22.7 Å². The molecular formula is C22H25F3N4O2. The van der Waals surface area contributed by atoms with E-state index in [-0.39, 0.29) is 36.0 Å². The van der Waals surface area contributed by atoms with Crippen LogP contribution in [0.15, 0.2) is 18.3 Å². The molecule has 3 rings (SSSR count). The second-order valence-electron chi connectivity index (χ2n) is 8.32. The third kappa shape index (κ3) is 5.48. The molecule has 1 aromatic rings. The summed E-state index contributed by atoms with van der Waals surface area (Å²) in [5, 5.41) is 12.6. The molecule has 2 atom stereocenters. The highest BCUT2D eigenvalue weighted by molar-refractivity contribution is 5.80. The predicted molar refractivity (Wildman–Crippen MR) is 107 cm³/mol. The van der Waals surface area contributed by atoms with E-state index in [1.54, 1.807) is 0 Å². The summed E-state index contributed by atoms with van der Waals surface area (Å²) in [4.78, 5) is 17.9. The highest BCUT2D eigenvalue weighted by Crippen LogP contribution is 2.32.